The van der Waals surface area contributed by atoms with Gasteiger partial charge in [-0.1, -0.05) is 55.8 Å². The third-order valence-corrected chi connectivity index (χ3v) is 5.19. The predicted octanol–water partition coefficient (Wildman–Crippen LogP) is 4.49. The lowest BCUT2D eigenvalue weighted by atomic mass is 9.90. The van der Waals surface area contributed by atoms with Crippen LogP contribution in [-0.2, 0) is 11.3 Å². The summed E-state index contributed by atoms with van der Waals surface area (Å²) in [5, 5.41) is 0.395. The molecule has 0 bridgehead atoms. The number of carbonyl (C=O) groups excluding carboxylic acids is 1. The number of imidazole rings is 1. The number of likely N-dealkylation sites (tertiary alicyclic amines) is 1. The molecule has 1 amide bonds. The molecular weight excluding hydrogens is 364 g/mol. The average molecular weight is 385 g/mol. The van der Waals surface area contributed by atoms with Gasteiger partial charge in [-0.2, -0.15) is 0 Å². The summed E-state index contributed by atoms with van der Waals surface area (Å²) in [7, 11) is 0. The second-order valence-electron chi connectivity index (χ2n) is 7.64. The minimum atomic E-state index is -0.327. The van der Waals surface area contributed by atoms with E-state index in [1.54, 1.807) is 17.3 Å². The van der Waals surface area contributed by atoms with Crippen LogP contribution in [0.25, 0.3) is 5.52 Å². The van der Waals surface area contributed by atoms with Crippen molar-refractivity contribution in [3.8, 4) is 0 Å². The Kier molecular flexibility index (Phi) is 4.52. The first-order valence-corrected chi connectivity index (χ1v) is 9.27. The van der Waals surface area contributed by atoms with Gasteiger partial charge in [-0.05, 0) is 17.4 Å². The predicted molar refractivity (Wildman–Crippen MR) is 102 cm³/mol. The Bertz CT molecular complexity index is 971. The molecule has 0 N–H and O–H groups in total. The van der Waals surface area contributed by atoms with Gasteiger partial charge >= 0.3 is 6.09 Å². The monoisotopic (exact) mass is 384 g/mol. The van der Waals surface area contributed by atoms with Crippen molar-refractivity contribution < 1.29 is 9.53 Å². The molecule has 27 heavy (non-hydrogen) atoms. The zero-order chi connectivity index (χ0) is 19.0. The summed E-state index contributed by atoms with van der Waals surface area (Å²) >= 11 is 6.17. The van der Waals surface area contributed by atoms with E-state index in [0.717, 1.165) is 23.3 Å². The van der Waals surface area contributed by atoms with Gasteiger partial charge in [0, 0.05) is 18.9 Å². The van der Waals surface area contributed by atoms with Crippen LogP contribution in [0.15, 0.2) is 48.9 Å². The van der Waals surface area contributed by atoms with E-state index in [1.165, 1.54) is 0 Å². The van der Waals surface area contributed by atoms with Gasteiger partial charge < -0.3 is 4.74 Å². The first-order chi connectivity index (χ1) is 12.9. The molecule has 3 aromatic rings. The SMILES string of the molecule is CC1(C)C[C@@H](c2ncc3c(Cl)nccn23)N(C(=O)OCc2ccccc2)C1. The molecule has 1 atom stereocenters. The fourth-order valence-corrected chi connectivity index (χ4v) is 3.85. The van der Waals surface area contributed by atoms with Crippen LogP contribution < -0.4 is 0 Å². The highest BCUT2D eigenvalue weighted by Gasteiger charge is 2.43. The minimum Gasteiger partial charge on any atom is -0.445 e. The van der Waals surface area contributed by atoms with E-state index in [2.05, 4.69) is 23.8 Å². The van der Waals surface area contributed by atoms with Crippen molar-refractivity contribution in [2.24, 2.45) is 5.41 Å². The average Bonchev–Trinajstić information content (AvgIpc) is 3.22. The highest BCUT2D eigenvalue weighted by atomic mass is 35.5. The van der Waals surface area contributed by atoms with Crippen molar-refractivity contribution in [3.05, 3.63) is 65.5 Å². The maximum Gasteiger partial charge on any atom is 0.410 e. The summed E-state index contributed by atoms with van der Waals surface area (Å²) in [4.78, 5) is 23.2. The van der Waals surface area contributed by atoms with Crippen molar-refractivity contribution in [2.75, 3.05) is 6.54 Å². The zero-order valence-corrected chi connectivity index (χ0v) is 16.1. The summed E-state index contributed by atoms with van der Waals surface area (Å²) in [6, 6.07) is 9.50. The van der Waals surface area contributed by atoms with Gasteiger partial charge in [-0.3, -0.25) is 9.30 Å². The summed E-state index contributed by atoms with van der Waals surface area (Å²) in [6.45, 7) is 5.16. The lowest BCUT2D eigenvalue weighted by Gasteiger charge is -2.23. The van der Waals surface area contributed by atoms with Gasteiger partial charge in [0.25, 0.3) is 0 Å². The second-order valence-corrected chi connectivity index (χ2v) is 8.00. The topological polar surface area (TPSA) is 59.7 Å². The molecule has 0 spiro atoms. The maximum absolute atomic E-state index is 12.8. The molecule has 1 saturated heterocycles. The van der Waals surface area contributed by atoms with Crippen LogP contribution in [0.1, 0.15) is 37.7 Å². The number of aromatic nitrogens is 3. The van der Waals surface area contributed by atoms with Crippen LogP contribution in [0.2, 0.25) is 5.15 Å². The van der Waals surface area contributed by atoms with Crippen LogP contribution in [0.5, 0.6) is 0 Å². The minimum absolute atomic E-state index is 0.0287. The molecule has 6 nitrogen and oxygen atoms in total. The summed E-state index contributed by atoms with van der Waals surface area (Å²) in [5.74, 6) is 0.775. The van der Waals surface area contributed by atoms with Gasteiger partial charge in [0.05, 0.1) is 12.2 Å². The Morgan fingerprint density at radius 1 is 1.30 bits per heavy atom. The highest BCUT2D eigenvalue weighted by Crippen LogP contribution is 2.42. The normalized spacial score (nSPS) is 18.8. The number of halogens is 1. The summed E-state index contributed by atoms with van der Waals surface area (Å²) < 4.78 is 7.48. The van der Waals surface area contributed by atoms with Crippen molar-refractivity contribution in [2.45, 2.75) is 32.9 Å². The smallest absolute Gasteiger partial charge is 0.410 e. The number of fused-ring (bicyclic) bond motifs is 1. The van der Waals surface area contributed by atoms with E-state index >= 15 is 0 Å². The zero-order valence-electron chi connectivity index (χ0n) is 15.3. The molecule has 3 heterocycles. The van der Waals surface area contributed by atoms with Crippen LogP contribution in [0.3, 0.4) is 0 Å². The van der Waals surface area contributed by atoms with Gasteiger partial charge in [0.15, 0.2) is 5.15 Å². The lowest BCUT2D eigenvalue weighted by molar-refractivity contribution is 0.0887. The van der Waals surface area contributed by atoms with E-state index < -0.39 is 0 Å². The van der Waals surface area contributed by atoms with Gasteiger partial charge in [-0.15, -0.1) is 0 Å². The molecular formula is C20H21ClN4O2. The first kappa shape index (κ1) is 17.8. The van der Waals surface area contributed by atoms with Crippen molar-refractivity contribution >= 4 is 23.2 Å². The maximum atomic E-state index is 12.8. The highest BCUT2D eigenvalue weighted by molar-refractivity contribution is 6.32. The van der Waals surface area contributed by atoms with Crippen molar-refractivity contribution in [3.63, 3.8) is 0 Å². The van der Waals surface area contributed by atoms with E-state index in [1.807, 2.05) is 40.9 Å². The Hall–Kier alpha value is -2.60. The van der Waals surface area contributed by atoms with Crippen LogP contribution in [0, 0.1) is 5.41 Å². The quantitative estimate of drug-likeness (QED) is 0.667. The summed E-state index contributed by atoms with van der Waals surface area (Å²) in [6.07, 6.45) is 5.63. The Morgan fingerprint density at radius 3 is 2.85 bits per heavy atom. The largest absolute Gasteiger partial charge is 0.445 e. The molecule has 0 unspecified atom stereocenters. The van der Waals surface area contributed by atoms with Crippen LogP contribution in [-0.4, -0.2) is 31.9 Å². The standard InChI is InChI=1S/C20H21ClN4O2/c1-20(2)10-15(18-23-11-16-17(21)22-8-9-24(16)18)25(13-20)19(26)27-12-14-6-4-3-5-7-14/h3-9,11,15H,10,12-13H2,1-2H3/t15-/m0/s1. The number of hydrogen-bond acceptors (Lipinski definition) is 4. The summed E-state index contributed by atoms with van der Waals surface area (Å²) in [5.41, 5.74) is 1.67. The lowest BCUT2D eigenvalue weighted by Crippen LogP contribution is -2.33. The van der Waals surface area contributed by atoms with E-state index in [4.69, 9.17) is 16.3 Å². The van der Waals surface area contributed by atoms with Crippen LogP contribution in [0.4, 0.5) is 4.79 Å². The third kappa shape index (κ3) is 3.49. The molecule has 4 rings (SSSR count). The number of carbonyl (C=O) groups is 1. The fraction of sp³-hybridized carbons (Fsp3) is 0.350. The molecule has 1 aliphatic heterocycles. The Balaban J connectivity index is 1.60. The second kappa shape index (κ2) is 6.85. The molecule has 0 saturated carbocycles. The van der Waals surface area contributed by atoms with E-state index in [9.17, 15) is 4.79 Å². The Morgan fingerprint density at radius 2 is 2.07 bits per heavy atom. The van der Waals surface area contributed by atoms with E-state index in [0.29, 0.717) is 11.7 Å². The third-order valence-electron chi connectivity index (χ3n) is 4.90. The van der Waals surface area contributed by atoms with Crippen LogP contribution >= 0.6 is 11.6 Å². The molecule has 1 aliphatic rings. The molecule has 1 aromatic carbocycles. The number of ether oxygens (including phenoxy) is 1. The van der Waals surface area contributed by atoms with Gasteiger partial charge in [0.2, 0.25) is 0 Å². The van der Waals surface area contributed by atoms with Crippen molar-refractivity contribution in [1.82, 2.24) is 19.3 Å². The number of amides is 1. The molecule has 140 valence electrons. The first-order valence-electron chi connectivity index (χ1n) is 8.89. The molecule has 2 aromatic heterocycles. The Labute approximate surface area is 162 Å². The fourth-order valence-electron chi connectivity index (χ4n) is 3.66. The number of benzene rings is 1. The van der Waals surface area contributed by atoms with Gasteiger partial charge in [0.1, 0.15) is 17.9 Å². The number of hydrogen-bond donors (Lipinski definition) is 0. The van der Waals surface area contributed by atoms with E-state index in [-0.39, 0.29) is 24.2 Å². The number of nitrogens with zero attached hydrogens (tertiary/aromatic N) is 4. The molecule has 0 radical (unpaired) electrons. The number of rotatable bonds is 3. The van der Waals surface area contributed by atoms with Crippen molar-refractivity contribution in [1.29, 1.82) is 0 Å². The molecule has 1 fully saturated rings. The molecule has 7 heteroatoms. The van der Waals surface area contributed by atoms with Gasteiger partial charge in [-0.25, -0.2) is 14.8 Å². The molecule has 0 aliphatic carbocycles.